The Hall–Kier alpha value is -2.96. The van der Waals surface area contributed by atoms with E-state index in [1.165, 1.54) is 24.5 Å². The van der Waals surface area contributed by atoms with Gasteiger partial charge in [-0.05, 0) is 73.6 Å². The highest BCUT2D eigenvalue weighted by molar-refractivity contribution is 6.02. The lowest BCUT2D eigenvalue weighted by molar-refractivity contribution is -0.133. The van der Waals surface area contributed by atoms with Crippen molar-refractivity contribution >= 4 is 17.4 Å². The van der Waals surface area contributed by atoms with E-state index < -0.39 is 0 Å². The molecule has 3 aliphatic rings. The lowest BCUT2D eigenvalue weighted by atomic mass is 10.00. The molecule has 1 aromatic heterocycles. The van der Waals surface area contributed by atoms with E-state index in [-0.39, 0.29) is 17.8 Å². The number of carbonyl (C=O) groups is 1. The number of benzene rings is 1. The predicted molar refractivity (Wildman–Crippen MR) is 123 cm³/mol. The third kappa shape index (κ3) is 4.33. The minimum Gasteiger partial charge on any atom is -0.353 e. The van der Waals surface area contributed by atoms with Crippen LogP contribution in [-0.2, 0) is 4.79 Å². The Morgan fingerprint density at radius 1 is 1.09 bits per heavy atom. The van der Waals surface area contributed by atoms with E-state index in [1.54, 1.807) is 13.0 Å². The lowest BCUT2D eigenvalue weighted by Gasteiger charge is -2.36. The quantitative estimate of drug-likeness (QED) is 0.723. The fourth-order valence-corrected chi connectivity index (χ4v) is 4.73. The lowest BCUT2D eigenvalue weighted by Crippen LogP contribution is -2.51. The van der Waals surface area contributed by atoms with E-state index in [1.807, 2.05) is 28.2 Å². The number of halogens is 1. The standard InChI is InChI=1S/C25H30FN5O/c1-17-7-8-27-24(13-17)29-9-11-30(12-10-29)25(32)16-31-23(19-3-4-19)15-22(28-31)20-5-6-21(26)18(2)14-20/h5-8,13-14,19,23H,3-4,9-12,15-16H2,1-2H3. The molecule has 1 aromatic carbocycles. The second kappa shape index (κ2) is 8.52. The van der Waals surface area contributed by atoms with E-state index in [0.717, 1.165) is 36.6 Å². The van der Waals surface area contributed by atoms with Gasteiger partial charge in [0.05, 0.1) is 11.8 Å². The second-order valence-electron chi connectivity index (χ2n) is 9.28. The molecule has 6 nitrogen and oxygen atoms in total. The van der Waals surface area contributed by atoms with Gasteiger partial charge in [-0.1, -0.05) is 6.07 Å². The molecule has 32 heavy (non-hydrogen) atoms. The average molecular weight is 436 g/mol. The van der Waals surface area contributed by atoms with E-state index in [9.17, 15) is 9.18 Å². The topological polar surface area (TPSA) is 52.0 Å². The number of hydrogen-bond acceptors (Lipinski definition) is 5. The molecule has 1 saturated heterocycles. The molecule has 0 N–H and O–H groups in total. The molecule has 2 fully saturated rings. The zero-order valence-electron chi connectivity index (χ0n) is 18.8. The van der Waals surface area contributed by atoms with Gasteiger partial charge < -0.3 is 9.80 Å². The van der Waals surface area contributed by atoms with E-state index in [4.69, 9.17) is 5.10 Å². The first-order chi connectivity index (χ1) is 15.5. The molecular weight excluding hydrogens is 405 g/mol. The minimum atomic E-state index is -0.196. The molecular formula is C25H30FN5O. The summed E-state index contributed by atoms with van der Waals surface area (Å²) in [6, 6.07) is 9.54. The maximum absolute atomic E-state index is 13.7. The molecule has 168 valence electrons. The zero-order chi connectivity index (χ0) is 22.2. The van der Waals surface area contributed by atoms with Crippen LogP contribution in [0.25, 0.3) is 0 Å². The Morgan fingerprint density at radius 3 is 2.56 bits per heavy atom. The SMILES string of the molecule is Cc1ccnc(N2CCN(C(=O)CN3N=C(c4ccc(F)c(C)c4)CC3C3CC3)CC2)c1. The molecule has 1 atom stereocenters. The fraction of sp³-hybridized carbons (Fsp3) is 0.480. The highest BCUT2D eigenvalue weighted by Crippen LogP contribution is 2.40. The number of aryl methyl sites for hydroxylation is 2. The summed E-state index contributed by atoms with van der Waals surface area (Å²) in [4.78, 5) is 21.8. The molecule has 5 rings (SSSR count). The number of carbonyl (C=O) groups excluding carboxylic acids is 1. The van der Waals surface area contributed by atoms with Crippen LogP contribution in [0.4, 0.5) is 10.2 Å². The van der Waals surface area contributed by atoms with Crippen LogP contribution in [0, 0.1) is 25.6 Å². The van der Waals surface area contributed by atoms with Crippen molar-refractivity contribution in [2.24, 2.45) is 11.0 Å². The predicted octanol–water partition coefficient (Wildman–Crippen LogP) is 3.37. The molecule has 7 heteroatoms. The monoisotopic (exact) mass is 435 g/mol. The summed E-state index contributed by atoms with van der Waals surface area (Å²) in [5, 5.41) is 6.84. The van der Waals surface area contributed by atoms with E-state index >= 15 is 0 Å². The number of anilines is 1. The molecule has 1 amide bonds. The Kier molecular flexibility index (Phi) is 5.57. The summed E-state index contributed by atoms with van der Waals surface area (Å²) in [5.74, 6) is 1.52. The first-order valence-corrected chi connectivity index (χ1v) is 11.5. The summed E-state index contributed by atoms with van der Waals surface area (Å²) >= 11 is 0. The highest BCUT2D eigenvalue weighted by Gasteiger charge is 2.40. The third-order valence-electron chi connectivity index (χ3n) is 6.85. The number of piperazine rings is 1. The Balaban J connectivity index is 1.23. The van der Waals surface area contributed by atoms with Gasteiger partial charge in [0.1, 0.15) is 18.2 Å². The maximum Gasteiger partial charge on any atom is 0.243 e. The number of hydrogen-bond donors (Lipinski definition) is 0. The number of rotatable bonds is 5. The molecule has 0 bridgehead atoms. The number of nitrogens with zero attached hydrogens (tertiary/aromatic N) is 5. The summed E-state index contributed by atoms with van der Waals surface area (Å²) in [5.41, 5.74) is 3.75. The van der Waals surface area contributed by atoms with Crippen molar-refractivity contribution in [3.63, 3.8) is 0 Å². The number of hydrazone groups is 1. The molecule has 1 unspecified atom stereocenters. The van der Waals surface area contributed by atoms with Crippen molar-refractivity contribution < 1.29 is 9.18 Å². The van der Waals surface area contributed by atoms with Crippen molar-refractivity contribution in [3.05, 3.63) is 59.0 Å². The first kappa shape index (κ1) is 20.9. The molecule has 3 heterocycles. The normalized spacial score (nSPS) is 21.2. The first-order valence-electron chi connectivity index (χ1n) is 11.5. The number of aromatic nitrogens is 1. The highest BCUT2D eigenvalue weighted by atomic mass is 19.1. The van der Waals surface area contributed by atoms with Crippen molar-refractivity contribution in [1.29, 1.82) is 0 Å². The van der Waals surface area contributed by atoms with Crippen LogP contribution < -0.4 is 4.90 Å². The summed E-state index contributed by atoms with van der Waals surface area (Å²) < 4.78 is 13.7. The Morgan fingerprint density at radius 2 is 1.88 bits per heavy atom. The molecule has 2 aromatic rings. The van der Waals surface area contributed by atoms with Crippen LogP contribution >= 0.6 is 0 Å². The zero-order valence-corrected chi connectivity index (χ0v) is 18.8. The molecule has 0 radical (unpaired) electrons. The minimum absolute atomic E-state index is 0.132. The third-order valence-corrected chi connectivity index (χ3v) is 6.85. The summed E-state index contributed by atoms with van der Waals surface area (Å²) in [6.07, 6.45) is 5.06. The Labute approximate surface area is 188 Å². The summed E-state index contributed by atoms with van der Waals surface area (Å²) in [6.45, 7) is 7.14. The van der Waals surface area contributed by atoms with Crippen LogP contribution in [-0.4, -0.2) is 65.3 Å². The van der Waals surface area contributed by atoms with Gasteiger partial charge in [0, 0.05) is 38.8 Å². The van der Waals surface area contributed by atoms with Crippen molar-refractivity contribution in [2.45, 2.75) is 39.2 Å². The summed E-state index contributed by atoms with van der Waals surface area (Å²) in [7, 11) is 0. The fourth-order valence-electron chi connectivity index (χ4n) is 4.73. The van der Waals surface area contributed by atoms with Crippen LogP contribution in [0.2, 0.25) is 0 Å². The van der Waals surface area contributed by atoms with Gasteiger partial charge in [0.15, 0.2) is 0 Å². The maximum atomic E-state index is 13.7. The molecule has 1 saturated carbocycles. The van der Waals surface area contributed by atoms with Crippen molar-refractivity contribution in [3.8, 4) is 0 Å². The van der Waals surface area contributed by atoms with Crippen LogP contribution in [0.15, 0.2) is 41.6 Å². The molecule has 1 aliphatic carbocycles. The van der Waals surface area contributed by atoms with Crippen LogP contribution in [0.3, 0.4) is 0 Å². The van der Waals surface area contributed by atoms with Gasteiger partial charge in [-0.2, -0.15) is 5.10 Å². The van der Waals surface area contributed by atoms with Crippen molar-refractivity contribution in [1.82, 2.24) is 14.9 Å². The van der Waals surface area contributed by atoms with Gasteiger partial charge in [-0.25, -0.2) is 9.37 Å². The van der Waals surface area contributed by atoms with Gasteiger partial charge in [-0.3, -0.25) is 9.80 Å². The largest absolute Gasteiger partial charge is 0.353 e. The molecule has 0 spiro atoms. The smallest absolute Gasteiger partial charge is 0.243 e. The average Bonchev–Trinajstić information content (AvgIpc) is 3.56. The number of amides is 1. The van der Waals surface area contributed by atoms with E-state index in [0.29, 0.717) is 31.1 Å². The van der Waals surface area contributed by atoms with Gasteiger partial charge in [-0.15, -0.1) is 0 Å². The van der Waals surface area contributed by atoms with E-state index in [2.05, 4.69) is 22.9 Å². The second-order valence-corrected chi connectivity index (χ2v) is 9.28. The van der Waals surface area contributed by atoms with Gasteiger partial charge in [0.2, 0.25) is 5.91 Å². The number of pyridine rings is 1. The molecule has 2 aliphatic heterocycles. The van der Waals surface area contributed by atoms with Crippen LogP contribution in [0.1, 0.15) is 36.0 Å². The van der Waals surface area contributed by atoms with Gasteiger partial charge in [0.25, 0.3) is 0 Å². The van der Waals surface area contributed by atoms with Gasteiger partial charge >= 0.3 is 0 Å². The van der Waals surface area contributed by atoms with Crippen LogP contribution in [0.5, 0.6) is 0 Å². The Bertz CT molecular complexity index is 1040. The van der Waals surface area contributed by atoms with Crippen molar-refractivity contribution in [2.75, 3.05) is 37.6 Å².